The van der Waals surface area contributed by atoms with Gasteiger partial charge in [0.05, 0.1) is 0 Å². The molecule has 0 radical (unpaired) electrons. The fraction of sp³-hybridized carbons (Fsp3) is 0.167. The van der Waals surface area contributed by atoms with Gasteiger partial charge in [-0.1, -0.05) is 11.6 Å². The van der Waals surface area contributed by atoms with E-state index in [0.29, 0.717) is 5.56 Å². The number of hydrogen-bond donors (Lipinski definition) is 1. The summed E-state index contributed by atoms with van der Waals surface area (Å²) in [7, 11) is 0. The van der Waals surface area contributed by atoms with Gasteiger partial charge in [-0.05, 0) is 22.9 Å². The average molecular weight is 222 g/mol. The molecule has 0 aliphatic carbocycles. The van der Waals surface area contributed by atoms with Gasteiger partial charge in [-0.15, -0.1) is 0 Å². The first kappa shape index (κ1) is 7.82. The van der Waals surface area contributed by atoms with E-state index in [-0.39, 0.29) is 10.9 Å². The van der Waals surface area contributed by atoms with Crippen LogP contribution in [0, 0.1) is 6.92 Å². The number of halogens is 2. The highest BCUT2D eigenvalue weighted by Gasteiger charge is 2.05. The molecule has 0 fully saturated rings. The van der Waals surface area contributed by atoms with Gasteiger partial charge >= 0.3 is 0 Å². The lowest BCUT2D eigenvalue weighted by atomic mass is 10.3. The van der Waals surface area contributed by atoms with Gasteiger partial charge < -0.3 is 5.11 Å². The highest BCUT2D eigenvalue weighted by molar-refractivity contribution is 9.10. The maximum atomic E-state index is 9.16. The first-order valence-corrected chi connectivity index (χ1v) is 3.79. The van der Waals surface area contributed by atoms with Crippen LogP contribution in [-0.4, -0.2) is 10.1 Å². The number of nitrogens with zero attached hydrogens (tertiary/aromatic N) is 1. The van der Waals surface area contributed by atoms with E-state index in [1.165, 1.54) is 0 Å². The molecule has 0 aliphatic rings. The van der Waals surface area contributed by atoms with Crippen LogP contribution in [0.25, 0.3) is 0 Å². The van der Waals surface area contributed by atoms with E-state index in [9.17, 15) is 0 Å². The summed E-state index contributed by atoms with van der Waals surface area (Å²) >= 11 is 8.70. The number of hydrogen-bond acceptors (Lipinski definition) is 2. The van der Waals surface area contributed by atoms with E-state index in [0.717, 1.165) is 4.47 Å². The van der Waals surface area contributed by atoms with E-state index in [1.54, 1.807) is 13.1 Å². The molecule has 0 spiro atoms. The molecular formula is C6H5BrClNO. The lowest BCUT2D eigenvalue weighted by Gasteiger charge is -2.00. The normalized spacial score (nSPS) is 9.90. The highest BCUT2D eigenvalue weighted by Crippen LogP contribution is 2.29. The third-order valence-corrected chi connectivity index (χ3v) is 2.28. The summed E-state index contributed by atoms with van der Waals surface area (Å²) < 4.78 is 0.759. The molecule has 1 N–H and O–H groups in total. The molecule has 2 nitrogen and oxygen atoms in total. The lowest BCUT2D eigenvalue weighted by Crippen LogP contribution is -1.81. The molecule has 10 heavy (non-hydrogen) atoms. The van der Waals surface area contributed by atoms with Crippen LogP contribution < -0.4 is 0 Å². The molecule has 1 rings (SSSR count). The van der Waals surface area contributed by atoms with Gasteiger partial charge in [0.1, 0.15) is 0 Å². The summed E-state index contributed by atoms with van der Waals surface area (Å²) in [5.74, 6) is 0.0380. The summed E-state index contributed by atoms with van der Waals surface area (Å²) in [6.45, 7) is 1.76. The summed E-state index contributed by atoms with van der Waals surface area (Å²) in [6.07, 6.45) is 1.55. The van der Waals surface area contributed by atoms with Crippen molar-refractivity contribution in [3.8, 4) is 5.75 Å². The molecule has 1 heterocycles. The van der Waals surface area contributed by atoms with Crippen LogP contribution >= 0.6 is 27.5 Å². The molecule has 0 saturated carbocycles. The molecule has 0 aromatic carbocycles. The first-order valence-electron chi connectivity index (χ1n) is 2.62. The maximum absolute atomic E-state index is 9.16. The van der Waals surface area contributed by atoms with E-state index in [2.05, 4.69) is 20.9 Å². The van der Waals surface area contributed by atoms with Crippen LogP contribution in [-0.2, 0) is 0 Å². The molecule has 0 aliphatic heterocycles. The number of pyridine rings is 1. The minimum absolute atomic E-state index is 0.0380. The van der Waals surface area contributed by atoms with Crippen molar-refractivity contribution >= 4 is 27.5 Å². The topological polar surface area (TPSA) is 33.1 Å². The first-order chi connectivity index (χ1) is 4.63. The van der Waals surface area contributed by atoms with Crippen molar-refractivity contribution < 1.29 is 5.11 Å². The Bertz CT molecular complexity index is 237. The molecule has 0 atom stereocenters. The van der Waals surface area contributed by atoms with Gasteiger partial charge in [-0.25, -0.2) is 4.98 Å². The second-order valence-corrected chi connectivity index (χ2v) is 3.08. The van der Waals surface area contributed by atoms with Gasteiger partial charge in [0, 0.05) is 16.2 Å². The zero-order chi connectivity index (χ0) is 7.72. The largest absolute Gasteiger partial charge is 0.504 e. The number of aromatic hydroxyl groups is 1. The average Bonchev–Trinajstić information content (AvgIpc) is 1.93. The molecule has 1 aromatic heterocycles. The van der Waals surface area contributed by atoms with Gasteiger partial charge in [0.25, 0.3) is 0 Å². The van der Waals surface area contributed by atoms with Crippen molar-refractivity contribution in [2.45, 2.75) is 6.92 Å². The number of rotatable bonds is 0. The smallest absolute Gasteiger partial charge is 0.171 e. The van der Waals surface area contributed by atoms with Gasteiger partial charge in [-0.3, -0.25) is 0 Å². The zero-order valence-corrected chi connectivity index (χ0v) is 7.57. The lowest BCUT2D eigenvalue weighted by molar-refractivity contribution is 0.468. The summed E-state index contributed by atoms with van der Waals surface area (Å²) in [5.41, 5.74) is 0.708. The predicted molar refractivity (Wildman–Crippen MR) is 43.3 cm³/mol. The Balaban J connectivity index is 3.34. The molecule has 0 saturated heterocycles. The van der Waals surface area contributed by atoms with Crippen molar-refractivity contribution in [3.63, 3.8) is 0 Å². The van der Waals surface area contributed by atoms with Gasteiger partial charge in [-0.2, -0.15) is 0 Å². The fourth-order valence-corrected chi connectivity index (χ4v) is 1.02. The Morgan fingerprint density at radius 2 is 2.30 bits per heavy atom. The van der Waals surface area contributed by atoms with Crippen LogP contribution in [0.5, 0.6) is 5.75 Å². The predicted octanol–water partition coefficient (Wildman–Crippen LogP) is 2.51. The summed E-state index contributed by atoms with van der Waals surface area (Å²) in [5, 5.41) is 9.30. The van der Waals surface area contributed by atoms with Crippen molar-refractivity contribution in [3.05, 3.63) is 21.4 Å². The Hall–Kier alpha value is -0.280. The summed E-state index contributed by atoms with van der Waals surface area (Å²) in [4.78, 5) is 3.71. The van der Waals surface area contributed by atoms with Crippen molar-refractivity contribution in [1.29, 1.82) is 0 Å². The Labute approximate surface area is 72.0 Å². The van der Waals surface area contributed by atoms with E-state index >= 15 is 0 Å². The van der Waals surface area contributed by atoms with Gasteiger partial charge in [0.2, 0.25) is 0 Å². The monoisotopic (exact) mass is 221 g/mol. The van der Waals surface area contributed by atoms with E-state index < -0.39 is 0 Å². The van der Waals surface area contributed by atoms with Crippen LogP contribution in [0.4, 0.5) is 0 Å². The number of aromatic nitrogens is 1. The Kier molecular flexibility index (Phi) is 2.16. The van der Waals surface area contributed by atoms with Crippen LogP contribution in [0.15, 0.2) is 10.7 Å². The zero-order valence-electron chi connectivity index (χ0n) is 5.23. The van der Waals surface area contributed by atoms with Crippen LogP contribution in [0.1, 0.15) is 5.56 Å². The third kappa shape index (κ3) is 1.25. The molecule has 0 bridgehead atoms. The van der Waals surface area contributed by atoms with Crippen LogP contribution in [0.2, 0.25) is 5.15 Å². The van der Waals surface area contributed by atoms with E-state index in [4.69, 9.17) is 16.7 Å². The Morgan fingerprint density at radius 3 is 2.80 bits per heavy atom. The standard InChI is InChI=1S/C6H5BrClNO/c1-3-4(7)2-9-6(8)5(3)10/h2,10H,1H3. The molecule has 0 amide bonds. The highest BCUT2D eigenvalue weighted by atomic mass is 79.9. The molecule has 54 valence electrons. The third-order valence-electron chi connectivity index (χ3n) is 1.20. The summed E-state index contributed by atoms with van der Waals surface area (Å²) in [6, 6.07) is 0. The SMILES string of the molecule is Cc1c(Br)cnc(Cl)c1O. The van der Waals surface area contributed by atoms with Crippen LogP contribution in [0.3, 0.4) is 0 Å². The van der Waals surface area contributed by atoms with Crippen molar-refractivity contribution in [2.24, 2.45) is 0 Å². The second kappa shape index (κ2) is 2.76. The quantitative estimate of drug-likeness (QED) is 0.684. The van der Waals surface area contributed by atoms with Crippen molar-refractivity contribution in [2.75, 3.05) is 0 Å². The molecular weight excluding hydrogens is 217 g/mol. The molecule has 0 unspecified atom stereocenters. The Morgan fingerprint density at radius 1 is 1.70 bits per heavy atom. The molecule has 4 heteroatoms. The fourth-order valence-electron chi connectivity index (χ4n) is 0.539. The van der Waals surface area contributed by atoms with Crippen molar-refractivity contribution in [1.82, 2.24) is 4.98 Å². The van der Waals surface area contributed by atoms with Gasteiger partial charge in [0.15, 0.2) is 10.9 Å². The minimum atomic E-state index is 0.0380. The molecule has 1 aromatic rings. The minimum Gasteiger partial charge on any atom is -0.504 e. The van der Waals surface area contributed by atoms with E-state index in [1.807, 2.05) is 0 Å². The maximum Gasteiger partial charge on any atom is 0.171 e. The second-order valence-electron chi connectivity index (χ2n) is 1.87.